The molecule has 3 nitrogen and oxygen atoms in total. The van der Waals surface area contributed by atoms with E-state index in [2.05, 4.69) is 53.6 Å². The lowest BCUT2D eigenvalue weighted by atomic mass is 10.1. The number of nitrogens with one attached hydrogen (secondary N) is 1. The summed E-state index contributed by atoms with van der Waals surface area (Å²) in [5.74, 6) is 0.888. The van der Waals surface area contributed by atoms with E-state index >= 15 is 0 Å². The SMILES string of the molecule is Cc1cccc(COc2ccc(CNc3nccs3)cc2)c1. The minimum atomic E-state index is 0.596. The highest BCUT2D eigenvalue weighted by atomic mass is 32.1. The zero-order chi connectivity index (χ0) is 15.2. The van der Waals surface area contributed by atoms with Crippen LogP contribution >= 0.6 is 11.3 Å². The first-order valence-electron chi connectivity index (χ1n) is 7.20. The summed E-state index contributed by atoms with van der Waals surface area (Å²) in [6.07, 6.45) is 1.80. The molecule has 4 heteroatoms. The first kappa shape index (κ1) is 14.6. The summed E-state index contributed by atoms with van der Waals surface area (Å²) in [7, 11) is 0. The van der Waals surface area contributed by atoms with E-state index in [1.807, 2.05) is 17.5 Å². The van der Waals surface area contributed by atoms with Crippen molar-refractivity contribution in [3.63, 3.8) is 0 Å². The molecule has 0 bridgehead atoms. The zero-order valence-electron chi connectivity index (χ0n) is 12.5. The van der Waals surface area contributed by atoms with E-state index in [-0.39, 0.29) is 0 Å². The van der Waals surface area contributed by atoms with Crippen LogP contribution in [0.5, 0.6) is 5.75 Å². The Kier molecular flexibility index (Phi) is 4.71. The fraction of sp³-hybridized carbons (Fsp3) is 0.167. The van der Waals surface area contributed by atoms with Crippen LogP contribution in [-0.4, -0.2) is 4.98 Å². The second-order valence-corrected chi connectivity index (χ2v) is 6.01. The number of nitrogens with zero attached hydrogens (tertiary/aromatic N) is 1. The maximum atomic E-state index is 5.82. The molecular weight excluding hydrogens is 292 g/mol. The third-order valence-corrected chi connectivity index (χ3v) is 4.02. The van der Waals surface area contributed by atoms with E-state index in [0.717, 1.165) is 17.4 Å². The van der Waals surface area contributed by atoms with Gasteiger partial charge in [-0.15, -0.1) is 11.3 Å². The third-order valence-electron chi connectivity index (χ3n) is 3.29. The predicted octanol–water partition coefficient (Wildman–Crippen LogP) is 4.64. The molecule has 0 fully saturated rings. The van der Waals surface area contributed by atoms with E-state index in [1.165, 1.54) is 16.7 Å². The summed E-state index contributed by atoms with van der Waals surface area (Å²) in [5.41, 5.74) is 3.65. The minimum Gasteiger partial charge on any atom is -0.489 e. The van der Waals surface area contributed by atoms with Crippen LogP contribution in [0.4, 0.5) is 5.13 Å². The van der Waals surface area contributed by atoms with Gasteiger partial charge in [-0.25, -0.2) is 4.98 Å². The Bertz CT molecular complexity index is 708. The molecule has 112 valence electrons. The summed E-state index contributed by atoms with van der Waals surface area (Å²) in [6.45, 7) is 3.46. The molecule has 1 N–H and O–H groups in total. The van der Waals surface area contributed by atoms with Gasteiger partial charge in [0.25, 0.3) is 0 Å². The van der Waals surface area contributed by atoms with Gasteiger partial charge in [-0.3, -0.25) is 0 Å². The Morgan fingerprint density at radius 1 is 1.09 bits per heavy atom. The molecule has 3 aromatic rings. The number of aromatic nitrogens is 1. The quantitative estimate of drug-likeness (QED) is 0.720. The van der Waals surface area contributed by atoms with E-state index in [1.54, 1.807) is 17.5 Å². The van der Waals surface area contributed by atoms with Gasteiger partial charge in [0, 0.05) is 18.1 Å². The van der Waals surface area contributed by atoms with E-state index in [9.17, 15) is 0 Å². The maximum absolute atomic E-state index is 5.82. The van der Waals surface area contributed by atoms with Gasteiger partial charge < -0.3 is 10.1 Å². The molecule has 3 rings (SSSR count). The fourth-order valence-electron chi connectivity index (χ4n) is 2.16. The predicted molar refractivity (Wildman–Crippen MR) is 91.4 cm³/mol. The normalized spacial score (nSPS) is 10.4. The van der Waals surface area contributed by atoms with Crippen molar-refractivity contribution in [1.29, 1.82) is 0 Å². The van der Waals surface area contributed by atoms with Crippen molar-refractivity contribution >= 4 is 16.5 Å². The summed E-state index contributed by atoms with van der Waals surface area (Å²) < 4.78 is 5.82. The van der Waals surface area contributed by atoms with E-state index < -0.39 is 0 Å². The van der Waals surface area contributed by atoms with Gasteiger partial charge in [0.15, 0.2) is 5.13 Å². The molecule has 1 heterocycles. The second-order valence-electron chi connectivity index (χ2n) is 5.11. The number of anilines is 1. The Labute approximate surface area is 134 Å². The Morgan fingerprint density at radius 2 is 1.95 bits per heavy atom. The summed E-state index contributed by atoms with van der Waals surface area (Å²) in [5, 5.41) is 6.20. The van der Waals surface area contributed by atoms with Crippen LogP contribution in [0, 0.1) is 6.92 Å². The lowest BCUT2D eigenvalue weighted by molar-refractivity contribution is 0.306. The number of ether oxygens (including phenoxy) is 1. The second kappa shape index (κ2) is 7.09. The molecule has 0 radical (unpaired) electrons. The molecule has 1 aromatic heterocycles. The van der Waals surface area contributed by atoms with Crippen molar-refractivity contribution < 1.29 is 4.74 Å². The molecule has 0 spiro atoms. The average Bonchev–Trinajstić information content (AvgIpc) is 3.05. The van der Waals surface area contributed by atoms with Crippen molar-refractivity contribution in [3.05, 3.63) is 76.8 Å². The molecular formula is C18H18N2OS. The van der Waals surface area contributed by atoms with Gasteiger partial charge in [0.1, 0.15) is 12.4 Å². The number of hydrogen-bond donors (Lipinski definition) is 1. The molecule has 2 aromatic carbocycles. The van der Waals surface area contributed by atoms with Crippen molar-refractivity contribution in [2.24, 2.45) is 0 Å². The number of thiazole rings is 1. The fourth-order valence-corrected chi connectivity index (χ4v) is 2.69. The number of rotatable bonds is 6. The molecule has 0 aliphatic heterocycles. The van der Waals surface area contributed by atoms with Crippen molar-refractivity contribution in [2.75, 3.05) is 5.32 Å². The largest absolute Gasteiger partial charge is 0.489 e. The Morgan fingerprint density at radius 3 is 2.68 bits per heavy atom. The van der Waals surface area contributed by atoms with E-state index in [0.29, 0.717) is 6.61 Å². The van der Waals surface area contributed by atoms with Gasteiger partial charge in [-0.2, -0.15) is 0 Å². The molecule has 22 heavy (non-hydrogen) atoms. The van der Waals surface area contributed by atoms with Crippen molar-refractivity contribution in [1.82, 2.24) is 4.98 Å². The zero-order valence-corrected chi connectivity index (χ0v) is 13.3. The maximum Gasteiger partial charge on any atom is 0.182 e. The average molecular weight is 310 g/mol. The first-order chi connectivity index (χ1) is 10.8. The molecule has 0 amide bonds. The van der Waals surface area contributed by atoms with Crippen LogP contribution in [-0.2, 0) is 13.2 Å². The van der Waals surface area contributed by atoms with Gasteiger partial charge in [-0.05, 0) is 30.2 Å². The molecule has 0 aliphatic carbocycles. The number of aryl methyl sites for hydroxylation is 1. The van der Waals surface area contributed by atoms with Crippen molar-refractivity contribution in [2.45, 2.75) is 20.1 Å². The van der Waals surface area contributed by atoms with Crippen LogP contribution in [0.1, 0.15) is 16.7 Å². The van der Waals surface area contributed by atoms with Crippen LogP contribution in [0.15, 0.2) is 60.1 Å². The number of benzene rings is 2. The lowest BCUT2D eigenvalue weighted by Gasteiger charge is -2.08. The lowest BCUT2D eigenvalue weighted by Crippen LogP contribution is -1.99. The number of hydrogen-bond acceptors (Lipinski definition) is 4. The highest BCUT2D eigenvalue weighted by Crippen LogP contribution is 2.16. The monoisotopic (exact) mass is 310 g/mol. The van der Waals surface area contributed by atoms with Gasteiger partial charge >= 0.3 is 0 Å². The first-order valence-corrected chi connectivity index (χ1v) is 8.08. The minimum absolute atomic E-state index is 0.596. The van der Waals surface area contributed by atoms with Gasteiger partial charge in [0.2, 0.25) is 0 Å². The van der Waals surface area contributed by atoms with Gasteiger partial charge in [0.05, 0.1) is 0 Å². The third kappa shape index (κ3) is 4.09. The highest BCUT2D eigenvalue weighted by Gasteiger charge is 1.99. The summed E-state index contributed by atoms with van der Waals surface area (Å²) in [4.78, 5) is 4.20. The van der Waals surface area contributed by atoms with Crippen LogP contribution < -0.4 is 10.1 Å². The standard InChI is InChI=1S/C18H18N2OS/c1-14-3-2-4-16(11-14)13-21-17-7-5-15(6-8-17)12-20-18-19-9-10-22-18/h2-11H,12-13H2,1H3,(H,19,20). The smallest absolute Gasteiger partial charge is 0.182 e. The highest BCUT2D eigenvalue weighted by molar-refractivity contribution is 7.13. The Balaban J connectivity index is 1.53. The molecule has 0 saturated carbocycles. The summed E-state index contributed by atoms with van der Waals surface area (Å²) >= 11 is 1.61. The molecule has 0 aliphatic rings. The van der Waals surface area contributed by atoms with Crippen LogP contribution in [0.3, 0.4) is 0 Å². The molecule has 0 unspecified atom stereocenters. The topological polar surface area (TPSA) is 34.1 Å². The Hall–Kier alpha value is -2.33. The van der Waals surface area contributed by atoms with Crippen molar-refractivity contribution in [3.8, 4) is 5.75 Å². The van der Waals surface area contributed by atoms with Gasteiger partial charge in [-0.1, -0.05) is 42.0 Å². The van der Waals surface area contributed by atoms with Crippen LogP contribution in [0.25, 0.3) is 0 Å². The summed E-state index contributed by atoms with van der Waals surface area (Å²) in [6, 6.07) is 16.5. The molecule has 0 atom stereocenters. The van der Waals surface area contributed by atoms with Crippen LogP contribution in [0.2, 0.25) is 0 Å². The molecule has 0 saturated heterocycles. The van der Waals surface area contributed by atoms with E-state index in [4.69, 9.17) is 4.74 Å².